The zero-order chi connectivity index (χ0) is 8.43. The summed E-state index contributed by atoms with van der Waals surface area (Å²) in [5, 5.41) is 17.9. The van der Waals surface area contributed by atoms with Crippen molar-refractivity contribution in [1.29, 1.82) is 0 Å². The minimum Gasteiger partial charge on any atom is -0.506 e. The van der Waals surface area contributed by atoms with E-state index in [1.54, 1.807) is 6.07 Å². The van der Waals surface area contributed by atoms with Crippen LogP contribution < -0.4 is 0 Å². The van der Waals surface area contributed by atoms with Crippen molar-refractivity contribution in [1.82, 2.24) is 4.98 Å². The van der Waals surface area contributed by atoms with Gasteiger partial charge in [0, 0.05) is 5.69 Å². The van der Waals surface area contributed by atoms with Gasteiger partial charge in [-0.05, 0) is 25.5 Å². The van der Waals surface area contributed by atoms with Crippen LogP contribution in [0, 0.1) is 13.8 Å². The third kappa shape index (κ3) is 1.49. The molecule has 0 aliphatic heterocycles. The highest BCUT2D eigenvalue weighted by atomic mass is 16.3. The predicted molar refractivity (Wildman–Crippen MR) is 41.3 cm³/mol. The summed E-state index contributed by atoms with van der Waals surface area (Å²) >= 11 is 0. The van der Waals surface area contributed by atoms with E-state index in [2.05, 4.69) is 4.98 Å². The summed E-state index contributed by atoms with van der Waals surface area (Å²) < 4.78 is 0. The molecule has 11 heavy (non-hydrogen) atoms. The number of rotatable bonds is 1. The molecule has 0 fully saturated rings. The summed E-state index contributed by atoms with van der Waals surface area (Å²) in [6.45, 7) is 3.49. The molecule has 0 unspecified atom stereocenters. The van der Waals surface area contributed by atoms with E-state index >= 15 is 0 Å². The van der Waals surface area contributed by atoms with E-state index in [1.807, 2.05) is 13.8 Å². The van der Waals surface area contributed by atoms with Gasteiger partial charge in [-0.15, -0.1) is 0 Å². The second-order valence-electron chi connectivity index (χ2n) is 2.51. The normalized spacial score (nSPS) is 10.1. The Labute approximate surface area is 65.3 Å². The van der Waals surface area contributed by atoms with Gasteiger partial charge < -0.3 is 10.2 Å². The molecule has 3 heteroatoms. The molecule has 0 aliphatic rings. The van der Waals surface area contributed by atoms with Crippen molar-refractivity contribution in [2.75, 3.05) is 0 Å². The molecular weight excluding hydrogens is 142 g/mol. The van der Waals surface area contributed by atoms with Crippen molar-refractivity contribution in [3.05, 3.63) is 23.0 Å². The van der Waals surface area contributed by atoms with Gasteiger partial charge in [0.1, 0.15) is 11.4 Å². The van der Waals surface area contributed by atoms with E-state index in [9.17, 15) is 5.11 Å². The number of aliphatic hydroxyl groups excluding tert-OH is 1. The van der Waals surface area contributed by atoms with Crippen LogP contribution >= 0.6 is 0 Å². The summed E-state index contributed by atoms with van der Waals surface area (Å²) in [6.07, 6.45) is 0. The highest BCUT2D eigenvalue weighted by Crippen LogP contribution is 2.17. The number of aryl methyl sites for hydroxylation is 2. The monoisotopic (exact) mass is 153 g/mol. The van der Waals surface area contributed by atoms with E-state index in [-0.39, 0.29) is 12.4 Å². The van der Waals surface area contributed by atoms with Gasteiger partial charge in [-0.1, -0.05) is 0 Å². The molecule has 0 saturated carbocycles. The number of pyridine rings is 1. The molecule has 0 aromatic carbocycles. The Morgan fingerprint density at radius 2 is 2.09 bits per heavy atom. The molecule has 0 radical (unpaired) electrons. The summed E-state index contributed by atoms with van der Waals surface area (Å²) in [7, 11) is 0. The lowest BCUT2D eigenvalue weighted by Gasteiger charge is -2.03. The Balaban J connectivity index is 3.21. The average molecular weight is 153 g/mol. The molecule has 0 atom stereocenters. The molecule has 3 nitrogen and oxygen atoms in total. The maximum Gasteiger partial charge on any atom is 0.139 e. The molecule has 60 valence electrons. The first-order chi connectivity index (χ1) is 5.15. The van der Waals surface area contributed by atoms with Gasteiger partial charge >= 0.3 is 0 Å². The van der Waals surface area contributed by atoms with Crippen LogP contribution in [-0.2, 0) is 6.61 Å². The summed E-state index contributed by atoms with van der Waals surface area (Å²) in [6, 6.07) is 1.61. The van der Waals surface area contributed by atoms with Crippen LogP contribution in [0.5, 0.6) is 5.75 Å². The number of aromatic nitrogens is 1. The summed E-state index contributed by atoms with van der Waals surface area (Å²) in [5.41, 5.74) is 2.11. The van der Waals surface area contributed by atoms with Gasteiger partial charge in [-0.2, -0.15) is 0 Å². The van der Waals surface area contributed by atoms with Crippen molar-refractivity contribution >= 4 is 0 Å². The van der Waals surface area contributed by atoms with Crippen LogP contribution in [0.3, 0.4) is 0 Å². The van der Waals surface area contributed by atoms with Crippen LogP contribution in [0.4, 0.5) is 0 Å². The Hall–Kier alpha value is -1.09. The maximum absolute atomic E-state index is 9.19. The van der Waals surface area contributed by atoms with E-state index < -0.39 is 0 Å². The largest absolute Gasteiger partial charge is 0.506 e. The molecule has 1 heterocycles. The zero-order valence-electron chi connectivity index (χ0n) is 6.63. The molecule has 2 N–H and O–H groups in total. The van der Waals surface area contributed by atoms with Crippen molar-refractivity contribution in [3.63, 3.8) is 0 Å². The Morgan fingerprint density at radius 3 is 2.64 bits per heavy atom. The van der Waals surface area contributed by atoms with Gasteiger partial charge in [-0.3, -0.25) is 4.98 Å². The first-order valence-corrected chi connectivity index (χ1v) is 3.42. The van der Waals surface area contributed by atoms with Gasteiger partial charge in [0.05, 0.1) is 6.61 Å². The lowest BCUT2D eigenvalue weighted by Crippen LogP contribution is -1.94. The van der Waals surface area contributed by atoms with Crippen molar-refractivity contribution in [2.24, 2.45) is 0 Å². The number of hydrogen-bond acceptors (Lipinski definition) is 3. The summed E-state index contributed by atoms with van der Waals surface area (Å²) in [5.74, 6) is 0.0654. The topological polar surface area (TPSA) is 53.4 Å². The van der Waals surface area contributed by atoms with Crippen molar-refractivity contribution < 1.29 is 10.2 Å². The first kappa shape index (κ1) is 8.01. The molecule has 0 amide bonds. The molecule has 0 spiro atoms. The maximum atomic E-state index is 9.19. The number of aliphatic hydroxyl groups is 1. The van der Waals surface area contributed by atoms with Gasteiger partial charge in [0.2, 0.25) is 0 Å². The van der Waals surface area contributed by atoms with Gasteiger partial charge in [-0.25, -0.2) is 0 Å². The quantitative estimate of drug-likeness (QED) is 0.630. The third-order valence-electron chi connectivity index (χ3n) is 1.67. The van der Waals surface area contributed by atoms with Crippen molar-refractivity contribution in [2.45, 2.75) is 20.5 Å². The first-order valence-electron chi connectivity index (χ1n) is 3.42. The molecule has 0 aliphatic carbocycles. The highest BCUT2D eigenvalue weighted by molar-refractivity contribution is 5.32. The van der Waals surface area contributed by atoms with Gasteiger partial charge in [0.25, 0.3) is 0 Å². The number of nitrogens with zero attached hydrogens (tertiary/aromatic N) is 1. The fraction of sp³-hybridized carbons (Fsp3) is 0.375. The molecule has 1 rings (SSSR count). The lowest BCUT2D eigenvalue weighted by molar-refractivity contribution is 0.269. The van der Waals surface area contributed by atoms with Crippen molar-refractivity contribution in [3.8, 4) is 5.75 Å². The van der Waals surface area contributed by atoms with Crippen LogP contribution in [0.15, 0.2) is 6.07 Å². The minimum absolute atomic E-state index is 0.0654. The summed E-state index contributed by atoms with van der Waals surface area (Å²) in [4.78, 5) is 3.99. The van der Waals surface area contributed by atoms with E-state index in [1.165, 1.54) is 0 Å². The standard InChI is InChI=1S/C8H11NO2/c1-5-3-8(11)7(4-10)9-6(5)2/h3,10-11H,4H2,1-2H3. The van der Waals surface area contributed by atoms with Crippen LogP contribution in [-0.4, -0.2) is 15.2 Å². The number of aromatic hydroxyl groups is 1. The fourth-order valence-electron chi connectivity index (χ4n) is 0.857. The van der Waals surface area contributed by atoms with Gasteiger partial charge in [0.15, 0.2) is 0 Å². The second kappa shape index (κ2) is 2.88. The van der Waals surface area contributed by atoms with Crippen LogP contribution in [0.2, 0.25) is 0 Å². The molecule has 0 bridgehead atoms. The van der Waals surface area contributed by atoms with Crippen LogP contribution in [0.1, 0.15) is 17.0 Å². The van der Waals surface area contributed by atoms with E-state index in [0.717, 1.165) is 11.3 Å². The smallest absolute Gasteiger partial charge is 0.139 e. The Morgan fingerprint density at radius 1 is 1.45 bits per heavy atom. The molecule has 0 saturated heterocycles. The second-order valence-corrected chi connectivity index (χ2v) is 2.51. The Kier molecular flexibility index (Phi) is 2.10. The SMILES string of the molecule is Cc1cc(O)c(CO)nc1C. The Bertz CT molecular complexity index is 271. The highest BCUT2D eigenvalue weighted by Gasteiger charge is 2.03. The third-order valence-corrected chi connectivity index (χ3v) is 1.67. The van der Waals surface area contributed by atoms with E-state index in [4.69, 9.17) is 5.11 Å². The van der Waals surface area contributed by atoms with Crippen LogP contribution in [0.25, 0.3) is 0 Å². The predicted octanol–water partition coefficient (Wildman–Crippen LogP) is 0.896. The zero-order valence-corrected chi connectivity index (χ0v) is 6.63. The van der Waals surface area contributed by atoms with E-state index in [0.29, 0.717) is 5.69 Å². The number of hydrogen-bond donors (Lipinski definition) is 2. The molecular formula is C8H11NO2. The fourth-order valence-corrected chi connectivity index (χ4v) is 0.857. The minimum atomic E-state index is -0.215. The molecule has 1 aromatic heterocycles. The lowest BCUT2D eigenvalue weighted by atomic mass is 10.2. The molecule has 1 aromatic rings. The average Bonchev–Trinajstić information content (AvgIpc) is 1.97.